The number of nitrogens with zero attached hydrogens (tertiary/aromatic N) is 3. The van der Waals surface area contributed by atoms with E-state index in [4.69, 9.17) is 4.74 Å². The van der Waals surface area contributed by atoms with E-state index in [-0.39, 0.29) is 13.3 Å². The van der Waals surface area contributed by atoms with Crippen LogP contribution in [0.5, 0.6) is 0 Å². The summed E-state index contributed by atoms with van der Waals surface area (Å²) in [4.78, 5) is 9.02. The molecule has 0 bridgehead atoms. The van der Waals surface area contributed by atoms with Crippen molar-refractivity contribution < 1.29 is 10.6 Å². The first-order chi connectivity index (χ1) is 13.2. The predicted octanol–water partition coefficient (Wildman–Crippen LogP) is 3.89. The molecule has 1 aliphatic rings. The zero-order chi connectivity index (χ0) is 18.6. The molecule has 2 aromatic heterocycles. The molecule has 1 aliphatic heterocycles. The standard InChI is InChI=1S/C19H21FN6O.H2/c1-12-10-18(26-25-12)22-17-11-16(21-13-6-8-27-9-7-13)23-19(24-17)14-4-2-3-5-15(14)20;/h2-5,10-11,13H,6-9H2,1H3,(H3,21,22,23,24,25,26);1H. The molecule has 7 nitrogen and oxygen atoms in total. The Kier molecular flexibility index (Phi) is 4.97. The van der Waals surface area contributed by atoms with Gasteiger partial charge in [-0.15, -0.1) is 0 Å². The molecule has 1 saturated heterocycles. The molecule has 4 rings (SSSR count). The number of H-pyrrole nitrogens is 1. The average Bonchev–Trinajstić information content (AvgIpc) is 3.07. The van der Waals surface area contributed by atoms with E-state index < -0.39 is 0 Å². The van der Waals surface area contributed by atoms with Gasteiger partial charge in [-0.05, 0) is 31.9 Å². The number of anilines is 3. The van der Waals surface area contributed by atoms with Gasteiger partial charge in [0.1, 0.15) is 17.5 Å². The maximum atomic E-state index is 14.3. The first-order valence-electron chi connectivity index (χ1n) is 8.95. The van der Waals surface area contributed by atoms with Crippen LogP contribution >= 0.6 is 0 Å². The summed E-state index contributed by atoms with van der Waals surface area (Å²) in [6, 6.07) is 10.4. The van der Waals surface area contributed by atoms with Gasteiger partial charge in [0.15, 0.2) is 11.6 Å². The molecule has 0 unspecified atom stereocenters. The molecule has 3 aromatic rings. The molecule has 3 N–H and O–H groups in total. The second-order valence-electron chi connectivity index (χ2n) is 6.53. The lowest BCUT2D eigenvalue weighted by Gasteiger charge is -2.24. The number of benzene rings is 1. The van der Waals surface area contributed by atoms with Crippen molar-refractivity contribution in [3.8, 4) is 11.4 Å². The second kappa shape index (κ2) is 7.71. The fourth-order valence-corrected chi connectivity index (χ4v) is 3.01. The van der Waals surface area contributed by atoms with Crippen LogP contribution in [-0.4, -0.2) is 39.4 Å². The van der Waals surface area contributed by atoms with Crippen LogP contribution in [0.4, 0.5) is 21.8 Å². The quantitative estimate of drug-likeness (QED) is 0.631. The molecule has 0 saturated carbocycles. The van der Waals surface area contributed by atoms with Gasteiger partial charge in [0.2, 0.25) is 0 Å². The number of hydrogen-bond acceptors (Lipinski definition) is 6. The smallest absolute Gasteiger partial charge is 0.166 e. The van der Waals surface area contributed by atoms with Gasteiger partial charge in [-0.1, -0.05) is 12.1 Å². The fraction of sp³-hybridized carbons (Fsp3) is 0.316. The highest BCUT2D eigenvalue weighted by atomic mass is 19.1. The predicted molar refractivity (Wildman–Crippen MR) is 104 cm³/mol. The molecule has 27 heavy (non-hydrogen) atoms. The lowest BCUT2D eigenvalue weighted by atomic mass is 10.1. The van der Waals surface area contributed by atoms with E-state index in [1.807, 2.05) is 19.1 Å². The molecule has 0 aliphatic carbocycles. The minimum atomic E-state index is -0.359. The molecule has 0 atom stereocenters. The lowest BCUT2D eigenvalue weighted by molar-refractivity contribution is 0.0904. The van der Waals surface area contributed by atoms with E-state index in [1.165, 1.54) is 6.07 Å². The third-order valence-corrected chi connectivity index (χ3v) is 4.38. The molecule has 1 aromatic carbocycles. The van der Waals surface area contributed by atoms with E-state index in [9.17, 15) is 4.39 Å². The minimum Gasteiger partial charge on any atom is -0.381 e. The van der Waals surface area contributed by atoms with Crippen molar-refractivity contribution >= 4 is 17.5 Å². The summed E-state index contributed by atoms with van der Waals surface area (Å²) in [5, 5.41) is 13.6. The SMILES string of the molecule is Cc1cc(Nc2cc(NC3CCOCC3)nc(-c3ccccc3F)n2)n[nH]1.[HH]. The summed E-state index contributed by atoms with van der Waals surface area (Å²) in [7, 11) is 0. The minimum absolute atomic E-state index is 0. The first kappa shape index (κ1) is 17.4. The van der Waals surface area contributed by atoms with Crippen molar-refractivity contribution in [2.24, 2.45) is 0 Å². The topological polar surface area (TPSA) is 87.8 Å². The Morgan fingerprint density at radius 3 is 2.63 bits per heavy atom. The Labute approximate surface area is 157 Å². The summed E-state index contributed by atoms with van der Waals surface area (Å²) >= 11 is 0. The van der Waals surface area contributed by atoms with E-state index in [0.29, 0.717) is 28.8 Å². The van der Waals surface area contributed by atoms with Crippen LogP contribution in [0.25, 0.3) is 11.4 Å². The van der Waals surface area contributed by atoms with Gasteiger partial charge in [-0.3, -0.25) is 5.10 Å². The lowest BCUT2D eigenvalue weighted by Crippen LogP contribution is -2.28. The maximum absolute atomic E-state index is 14.3. The van der Waals surface area contributed by atoms with Gasteiger partial charge < -0.3 is 15.4 Å². The molecular formula is C19H23FN6O. The van der Waals surface area contributed by atoms with Crippen LogP contribution in [0, 0.1) is 12.7 Å². The van der Waals surface area contributed by atoms with Gasteiger partial charge in [0, 0.05) is 38.5 Å². The first-order valence-corrected chi connectivity index (χ1v) is 8.95. The Morgan fingerprint density at radius 1 is 1.11 bits per heavy atom. The monoisotopic (exact) mass is 370 g/mol. The highest BCUT2D eigenvalue weighted by Crippen LogP contribution is 2.25. The molecule has 0 spiro atoms. The van der Waals surface area contributed by atoms with Crippen molar-refractivity contribution in [2.75, 3.05) is 23.8 Å². The van der Waals surface area contributed by atoms with Crippen molar-refractivity contribution in [2.45, 2.75) is 25.8 Å². The van der Waals surface area contributed by atoms with Crippen molar-refractivity contribution in [3.63, 3.8) is 0 Å². The molecule has 1 fully saturated rings. The highest BCUT2D eigenvalue weighted by Gasteiger charge is 2.17. The van der Waals surface area contributed by atoms with Crippen LogP contribution in [0.1, 0.15) is 20.0 Å². The number of aryl methyl sites for hydroxylation is 1. The molecule has 3 heterocycles. The molecule has 142 valence electrons. The summed E-state index contributed by atoms with van der Waals surface area (Å²) in [6.07, 6.45) is 1.81. The van der Waals surface area contributed by atoms with Crippen LogP contribution in [0.15, 0.2) is 36.4 Å². The number of nitrogens with one attached hydrogen (secondary N) is 3. The van der Waals surface area contributed by atoms with Gasteiger partial charge >= 0.3 is 0 Å². The van der Waals surface area contributed by atoms with E-state index in [2.05, 4.69) is 30.8 Å². The zero-order valence-corrected chi connectivity index (χ0v) is 15.0. The molecule has 0 amide bonds. The summed E-state index contributed by atoms with van der Waals surface area (Å²) in [5.74, 6) is 1.79. The Balaban J connectivity index is 0.00000225. The number of hydrogen-bond donors (Lipinski definition) is 3. The Bertz CT molecular complexity index is 928. The number of ether oxygens (including phenoxy) is 1. The molecular weight excluding hydrogens is 347 g/mol. The zero-order valence-electron chi connectivity index (χ0n) is 15.0. The van der Waals surface area contributed by atoms with Crippen LogP contribution in [0.2, 0.25) is 0 Å². The van der Waals surface area contributed by atoms with E-state index in [1.54, 1.807) is 18.2 Å². The number of rotatable bonds is 5. The van der Waals surface area contributed by atoms with Gasteiger partial charge in [0.25, 0.3) is 0 Å². The third-order valence-electron chi connectivity index (χ3n) is 4.38. The van der Waals surface area contributed by atoms with Crippen molar-refractivity contribution in [3.05, 3.63) is 47.9 Å². The van der Waals surface area contributed by atoms with Crippen LogP contribution in [0.3, 0.4) is 0 Å². The maximum Gasteiger partial charge on any atom is 0.166 e. The fourth-order valence-electron chi connectivity index (χ4n) is 3.01. The number of aromatic amines is 1. The summed E-state index contributed by atoms with van der Waals surface area (Å²) in [6.45, 7) is 3.36. The number of aromatic nitrogens is 4. The normalized spacial score (nSPS) is 14.9. The highest BCUT2D eigenvalue weighted by molar-refractivity contribution is 5.64. The third kappa shape index (κ3) is 4.22. The largest absolute Gasteiger partial charge is 0.381 e. The Hall–Kier alpha value is -3.00. The molecule has 0 radical (unpaired) electrons. The number of halogens is 1. The van der Waals surface area contributed by atoms with E-state index >= 15 is 0 Å². The van der Waals surface area contributed by atoms with Crippen molar-refractivity contribution in [1.82, 2.24) is 20.2 Å². The summed E-state index contributed by atoms with van der Waals surface area (Å²) in [5.41, 5.74) is 1.29. The van der Waals surface area contributed by atoms with Crippen LogP contribution in [-0.2, 0) is 4.74 Å². The van der Waals surface area contributed by atoms with E-state index in [0.717, 1.165) is 31.7 Å². The average molecular weight is 370 g/mol. The van der Waals surface area contributed by atoms with Crippen LogP contribution < -0.4 is 10.6 Å². The Morgan fingerprint density at radius 2 is 1.89 bits per heavy atom. The molecule has 8 heteroatoms. The van der Waals surface area contributed by atoms with Gasteiger partial charge in [-0.25, -0.2) is 14.4 Å². The summed E-state index contributed by atoms with van der Waals surface area (Å²) < 4.78 is 19.7. The second-order valence-corrected chi connectivity index (χ2v) is 6.53. The van der Waals surface area contributed by atoms with Gasteiger partial charge in [-0.2, -0.15) is 5.10 Å². The van der Waals surface area contributed by atoms with Gasteiger partial charge in [0.05, 0.1) is 5.56 Å². The van der Waals surface area contributed by atoms with Crippen molar-refractivity contribution in [1.29, 1.82) is 0 Å².